The van der Waals surface area contributed by atoms with E-state index < -0.39 is 5.91 Å². The van der Waals surface area contributed by atoms with Crippen LogP contribution in [0.2, 0.25) is 0 Å². The number of nitrogens with zero attached hydrogens (tertiary/aromatic N) is 4. The van der Waals surface area contributed by atoms with Crippen LogP contribution >= 0.6 is 0 Å². The van der Waals surface area contributed by atoms with Gasteiger partial charge in [0.2, 0.25) is 11.7 Å². The molecule has 2 amide bonds. The summed E-state index contributed by atoms with van der Waals surface area (Å²) in [6.45, 7) is 4.26. The molecule has 0 atom stereocenters. The van der Waals surface area contributed by atoms with Crippen LogP contribution in [0.25, 0.3) is 22.3 Å². The molecule has 2 heterocycles. The van der Waals surface area contributed by atoms with Gasteiger partial charge in [0.05, 0.1) is 34.9 Å². The van der Waals surface area contributed by atoms with Gasteiger partial charge in [0.15, 0.2) is 0 Å². The van der Waals surface area contributed by atoms with Gasteiger partial charge in [0.25, 0.3) is 5.91 Å². The molecule has 0 aliphatic carbocycles. The van der Waals surface area contributed by atoms with Gasteiger partial charge in [-0.05, 0) is 52.6 Å². The molecule has 0 aliphatic rings. The quantitative estimate of drug-likeness (QED) is 0.250. The predicted molar refractivity (Wildman–Crippen MR) is 143 cm³/mol. The Hall–Kier alpha value is -5.30. The third-order valence-electron chi connectivity index (χ3n) is 6.17. The molecular formula is C28H24N8O2. The van der Waals surface area contributed by atoms with E-state index in [0.29, 0.717) is 39.6 Å². The van der Waals surface area contributed by atoms with E-state index >= 15 is 0 Å². The first kappa shape index (κ1) is 24.4. The van der Waals surface area contributed by atoms with Crippen molar-refractivity contribution in [1.82, 2.24) is 25.6 Å². The van der Waals surface area contributed by atoms with E-state index in [9.17, 15) is 14.9 Å². The fraction of sp³-hybridized carbons (Fsp3) is 0.143. The third kappa shape index (κ3) is 5.12. The number of aromatic amines is 2. The monoisotopic (exact) mass is 504 g/mol. The Labute approximate surface area is 218 Å². The summed E-state index contributed by atoms with van der Waals surface area (Å²) in [6, 6.07) is 22.1. The lowest BCUT2D eigenvalue weighted by molar-refractivity contribution is -0.115. The van der Waals surface area contributed by atoms with Crippen LogP contribution in [0.5, 0.6) is 0 Å². The van der Waals surface area contributed by atoms with Crippen molar-refractivity contribution >= 4 is 34.1 Å². The molecule has 10 nitrogen and oxygen atoms in total. The van der Waals surface area contributed by atoms with Crippen LogP contribution in [-0.4, -0.2) is 37.4 Å². The molecule has 2 aromatic heterocycles. The fourth-order valence-corrected chi connectivity index (χ4v) is 4.16. The molecule has 0 spiro atoms. The number of carbonyl (C=O) groups is 2. The molecule has 0 radical (unpaired) electrons. The molecule has 0 aliphatic heterocycles. The second-order valence-electron chi connectivity index (χ2n) is 9.14. The smallest absolute Gasteiger partial charge is 0.272 e. The van der Waals surface area contributed by atoms with Crippen molar-refractivity contribution in [2.45, 2.75) is 26.2 Å². The molecule has 5 rings (SSSR count). The number of tetrazole rings is 1. The number of amides is 2. The van der Waals surface area contributed by atoms with Crippen LogP contribution in [0.4, 0.5) is 11.4 Å². The lowest BCUT2D eigenvalue weighted by Gasteiger charge is -2.09. The Morgan fingerprint density at radius 3 is 2.53 bits per heavy atom. The summed E-state index contributed by atoms with van der Waals surface area (Å²) in [5.74, 6) is 0.117. The molecule has 0 saturated carbocycles. The van der Waals surface area contributed by atoms with Gasteiger partial charge in [0, 0.05) is 10.9 Å². The topological polar surface area (TPSA) is 152 Å². The van der Waals surface area contributed by atoms with Gasteiger partial charge in [-0.3, -0.25) is 9.59 Å². The van der Waals surface area contributed by atoms with Gasteiger partial charge >= 0.3 is 0 Å². The van der Waals surface area contributed by atoms with E-state index in [2.05, 4.69) is 56.2 Å². The Morgan fingerprint density at radius 2 is 1.82 bits per heavy atom. The highest BCUT2D eigenvalue weighted by Gasteiger charge is 2.17. The summed E-state index contributed by atoms with van der Waals surface area (Å²) in [5.41, 5.74) is 4.93. The first-order chi connectivity index (χ1) is 18.4. The number of nitrogens with one attached hydrogen (secondary N) is 4. The van der Waals surface area contributed by atoms with E-state index in [4.69, 9.17) is 0 Å². The van der Waals surface area contributed by atoms with Crippen LogP contribution < -0.4 is 10.6 Å². The second-order valence-corrected chi connectivity index (χ2v) is 9.14. The highest BCUT2D eigenvalue weighted by molar-refractivity contribution is 6.09. The van der Waals surface area contributed by atoms with Crippen LogP contribution in [0.15, 0.2) is 66.7 Å². The minimum Gasteiger partial charge on any atom is -0.349 e. The molecule has 3 aromatic carbocycles. The summed E-state index contributed by atoms with van der Waals surface area (Å²) in [7, 11) is 0. The Kier molecular flexibility index (Phi) is 6.65. The lowest BCUT2D eigenvalue weighted by atomic mass is 10.0. The number of aromatic nitrogens is 5. The zero-order valence-electron chi connectivity index (χ0n) is 20.7. The van der Waals surface area contributed by atoms with E-state index in [1.54, 1.807) is 30.3 Å². The van der Waals surface area contributed by atoms with Gasteiger partial charge in [-0.1, -0.05) is 50.2 Å². The summed E-state index contributed by atoms with van der Waals surface area (Å²) in [4.78, 5) is 29.1. The predicted octanol–water partition coefficient (Wildman–Crippen LogP) is 4.78. The minimum atomic E-state index is -0.404. The van der Waals surface area contributed by atoms with Gasteiger partial charge in [-0.15, -0.1) is 10.2 Å². The van der Waals surface area contributed by atoms with E-state index in [1.807, 2.05) is 36.4 Å². The number of nitriles is 1. The van der Waals surface area contributed by atoms with Gasteiger partial charge < -0.3 is 15.6 Å². The van der Waals surface area contributed by atoms with Crippen molar-refractivity contribution in [3.63, 3.8) is 0 Å². The first-order valence-corrected chi connectivity index (χ1v) is 12.0. The summed E-state index contributed by atoms with van der Waals surface area (Å²) in [5, 5.41) is 29.7. The molecule has 38 heavy (non-hydrogen) atoms. The van der Waals surface area contributed by atoms with Crippen molar-refractivity contribution < 1.29 is 9.59 Å². The maximum Gasteiger partial charge on any atom is 0.272 e. The normalized spacial score (nSPS) is 10.9. The van der Waals surface area contributed by atoms with Crippen molar-refractivity contribution in [3.05, 3.63) is 89.1 Å². The molecule has 0 bridgehead atoms. The molecule has 10 heteroatoms. The first-order valence-electron chi connectivity index (χ1n) is 12.0. The largest absolute Gasteiger partial charge is 0.349 e. The SMILES string of the molecule is CC(C)c1ccc(CC(=O)Nc2cccc3cc(C(=O)Nc4ccc(C#N)cc4-c4nn[nH]n4)[nH]c23)cc1. The number of rotatable bonds is 7. The lowest BCUT2D eigenvalue weighted by Crippen LogP contribution is -2.15. The zero-order valence-corrected chi connectivity index (χ0v) is 20.7. The molecule has 5 aromatic rings. The maximum atomic E-state index is 13.2. The summed E-state index contributed by atoms with van der Waals surface area (Å²) < 4.78 is 0. The van der Waals surface area contributed by atoms with Crippen molar-refractivity contribution in [2.75, 3.05) is 10.6 Å². The van der Waals surface area contributed by atoms with Gasteiger partial charge in [-0.25, -0.2) is 0 Å². The highest BCUT2D eigenvalue weighted by atomic mass is 16.2. The fourth-order valence-electron chi connectivity index (χ4n) is 4.16. The average Bonchev–Trinajstić information content (AvgIpc) is 3.60. The number of anilines is 2. The van der Waals surface area contributed by atoms with Crippen LogP contribution in [0.1, 0.15) is 46.9 Å². The second kappa shape index (κ2) is 10.4. The standard InChI is InChI=1S/C28H24N8O2/c1-16(2)19-9-6-17(7-10-19)13-25(37)30-23-5-3-4-20-14-24(31-26(20)23)28(38)32-22-11-8-18(15-29)12-21(22)27-33-35-36-34-27/h3-12,14,16,31H,13H2,1-2H3,(H,30,37)(H,32,38)(H,33,34,35,36). The summed E-state index contributed by atoms with van der Waals surface area (Å²) >= 11 is 0. The molecule has 0 saturated heterocycles. The number of fused-ring (bicyclic) bond motifs is 1. The Balaban J connectivity index is 1.35. The van der Waals surface area contributed by atoms with E-state index in [0.717, 1.165) is 10.9 Å². The number of para-hydroxylation sites is 1. The van der Waals surface area contributed by atoms with Gasteiger partial charge in [-0.2, -0.15) is 10.5 Å². The van der Waals surface area contributed by atoms with Crippen molar-refractivity contribution in [3.8, 4) is 17.5 Å². The van der Waals surface area contributed by atoms with Gasteiger partial charge in [0.1, 0.15) is 5.69 Å². The molecule has 0 fully saturated rings. The number of benzene rings is 3. The summed E-state index contributed by atoms with van der Waals surface area (Å²) in [6.07, 6.45) is 0.236. The van der Waals surface area contributed by atoms with Crippen molar-refractivity contribution in [1.29, 1.82) is 5.26 Å². The number of hydrogen-bond acceptors (Lipinski definition) is 6. The van der Waals surface area contributed by atoms with Crippen LogP contribution in [0, 0.1) is 11.3 Å². The molecular weight excluding hydrogens is 480 g/mol. The van der Waals surface area contributed by atoms with Crippen molar-refractivity contribution in [2.24, 2.45) is 0 Å². The number of carbonyl (C=O) groups excluding carboxylic acids is 2. The molecule has 4 N–H and O–H groups in total. The minimum absolute atomic E-state index is 0.155. The number of hydrogen-bond donors (Lipinski definition) is 4. The van der Waals surface area contributed by atoms with Crippen LogP contribution in [0.3, 0.4) is 0 Å². The van der Waals surface area contributed by atoms with E-state index in [-0.39, 0.29) is 18.2 Å². The Morgan fingerprint density at radius 1 is 1.00 bits per heavy atom. The van der Waals surface area contributed by atoms with E-state index in [1.165, 1.54) is 5.56 Å². The molecule has 0 unspecified atom stereocenters. The van der Waals surface area contributed by atoms with Crippen LogP contribution in [-0.2, 0) is 11.2 Å². The molecule has 188 valence electrons. The zero-order chi connectivity index (χ0) is 26.6. The number of H-pyrrole nitrogens is 2. The Bertz CT molecular complexity index is 1660. The maximum absolute atomic E-state index is 13.2. The third-order valence-corrected chi connectivity index (χ3v) is 6.17. The highest BCUT2D eigenvalue weighted by Crippen LogP contribution is 2.28. The average molecular weight is 505 g/mol.